The lowest BCUT2D eigenvalue weighted by molar-refractivity contribution is 0.261. The number of anilines is 3. The molecule has 0 spiro atoms. The van der Waals surface area contributed by atoms with E-state index in [9.17, 15) is 4.79 Å². The Hall–Kier alpha value is -2.86. The highest BCUT2D eigenvalue weighted by molar-refractivity contribution is 5.81. The SMILES string of the molecule is Cn1c(=O)ccc2cnc(Nc3ccc(N4CCC(CCCO)CC4)cc3)cc21. The third-order valence-corrected chi connectivity index (χ3v) is 5.90. The minimum absolute atomic E-state index is 0.0286. The molecule has 0 amide bonds. The molecule has 0 saturated carbocycles. The quantitative estimate of drug-likeness (QED) is 0.670. The fourth-order valence-electron chi connectivity index (χ4n) is 4.10. The third-order valence-electron chi connectivity index (χ3n) is 5.90. The van der Waals surface area contributed by atoms with Crippen LogP contribution < -0.4 is 15.8 Å². The van der Waals surface area contributed by atoms with Crippen molar-refractivity contribution in [3.05, 3.63) is 59.0 Å². The van der Waals surface area contributed by atoms with Crippen LogP contribution in [-0.4, -0.2) is 34.4 Å². The van der Waals surface area contributed by atoms with Crippen molar-refractivity contribution < 1.29 is 5.11 Å². The maximum absolute atomic E-state index is 11.9. The molecule has 4 rings (SSSR count). The van der Waals surface area contributed by atoms with E-state index in [2.05, 4.69) is 39.5 Å². The molecule has 1 fully saturated rings. The van der Waals surface area contributed by atoms with E-state index in [0.29, 0.717) is 6.61 Å². The summed E-state index contributed by atoms with van der Waals surface area (Å²) in [4.78, 5) is 18.8. The Morgan fingerprint density at radius 2 is 1.90 bits per heavy atom. The van der Waals surface area contributed by atoms with Crippen LogP contribution in [0.4, 0.5) is 17.2 Å². The van der Waals surface area contributed by atoms with Crippen molar-refractivity contribution in [2.75, 3.05) is 29.9 Å². The third kappa shape index (κ3) is 4.43. The predicted molar refractivity (Wildman–Crippen MR) is 118 cm³/mol. The summed E-state index contributed by atoms with van der Waals surface area (Å²) in [5.74, 6) is 1.46. The zero-order valence-corrected chi connectivity index (χ0v) is 16.8. The molecule has 1 aliphatic rings. The minimum atomic E-state index is -0.0286. The van der Waals surface area contributed by atoms with E-state index < -0.39 is 0 Å². The molecule has 3 heterocycles. The van der Waals surface area contributed by atoms with Crippen LogP contribution in [0.25, 0.3) is 10.9 Å². The first kappa shape index (κ1) is 19.5. The Bertz CT molecular complexity index is 1020. The summed E-state index contributed by atoms with van der Waals surface area (Å²) in [5, 5.41) is 13.3. The lowest BCUT2D eigenvalue weighted by Crippen LogP contribution is -2.33. The number of aryl methyl sites for hydroxylation is 1. The lowest BCUT2D eigenvalue weighted by atomic mass is 9.92. The minimum Gasteiger partial charge on any atom is -0.396 e. The number of nitrogens with zero attached hydrogens (tertiary/aromatic N) is 3. The van der Waals surface area contributed by atoms with Gasteiger partial charge in [-0.2, -0.15) is 0 Å². The summed E-state index contributed by atoms with van der Waals surface area (Å²) < 4.78 is 1.63. The van der Waals surface area contributed by atoms with E-state index >= 15 is 0 Å². The van der Waals surface area contributed by atoms with Gasteiger partial charge in [-0.3, -0.25) is 4.79 Å². The number of rotatable bonds is 6. The first-order valence-electron chi connectivity index (χ1n) is 10.3. The maximum atomic E-state index is 11.9. The number of hydrogen-bond donors (Lipinski definition) is 2. The van der Waals surface area contributed by atoms with Gasteiger partial charge in [0.15, 0.2) is 0 Å². The van der Waals surface area contributed by atoms with Crippen molar-refractivity contribution in [3.63, 3.8) is 0 Å². The summed E-state index contributed by atoms with van der Waals surface area (Å²) in [7, 11) is 1.77. The molecule has 1 aliphatic heterocycles. The Kier molecular flexibility index (Phi) is 5.81. The van der Waals surface area contributed by atoms with Gasteiger partial charge in [0, 0.05) is 61.8 Å². The van der Waals surface area contributed by atoms with Crippen LogP contribution in [0.2, 0.25) is 0 Å². The van der Waals surface area contributed by atoms with Gasteiger partial charge in [-0.05, 0) is 61.9 Å². The van der Waals surface area contributed by atoms with Crippen LogP contribution in [0.15, 0.2) is 53.5 Å². The topological polar surface area (TPSA) is 70.4 Å². The molecule has 0 aliphatic carbocycles. The summed E-state index contributed by atoms with van der Waals surface area (Å²) >= 11 is 0. The Labute approximate surface area is 170 Å². The molecule has 29 heavy (non-hydrogen) atoms. The second-order valence-corrected chi connectivity index (χ2v) is 7.83. The van der Waals surface area contributed by atoms with Gasteiger partial charge in [0.05, 0.1) is 5.52 Å². The van der Waals surface area contributed by atoms with Crippen LogP contribution in [0.1, 0.15) is 25.7 Å². The van der Waals surface area contributed by atoms with E-state index in [-0.39, 0.29) is 5.56 Å². The molecule has 6 nitrogen and oxygen atoms in total. The van der Waals surface area contributed by atoms with E-state index in [1.54, 1.807) is 29.9 Å². The van der Waals surface area contributed by atoms with Crippen molar-refractivity contribution in [2.45, 2.75) is 25.7 Å². The molecule has 152 valence electrons. The van der Waals surface area contributed by atoms with Gasteiger partial charge in [0.2, 0.25) is 0 Å². The van der Waals surface area contributed by atoms with Crippen molar-refractivity contribution in [2.24, 2.45) is 13.0 Å². The molecule has 1 aromatic carbocycles. The molecule has 1 saturated heterocycles. The molecular weight excluding hydrogens is 364 g/mol. The number of nitrogens with one attached hydrogen (secondary N) is 1. The zero-order valence-electron chi connectivity index (χ0n) is 16.8. The summed E-state index contributed by atoms with van der Waals surface area (Å²) in [6, 6.07) is 13.7. The molecule has 2 N–H and O–H groups in total. The van der Waals surface area contributed by atoms with Crippen LogP contribution >= 0.6 is 0 Å². The van der Waals surface area contributed by atoms with E-state index in [1.165, 1.54) is 18.5 Å². The molecule has 0 unspecified atom stereocenters. The maximum Gasteiger partial charge on any atom is 0.250 e. The fraction of sp³-hybridized carbons (Fsp3) is 0.391. The van der Waals surface area contributed by atoms with E-state index in [1.807, 2.05) is 6.07 Å². The van der Waals surface area contributed by atoms with Crippen molar-refractivity contribution >= 4 is 28.1 Å². The first-order chi connectivity index (χ1) is 14.1. The fourth-order valence-corrected chi connectivity index (χ4v) is 4.10. The van der Waals surface area contributed by atoms with Gasteiger partial charge in [0.25, 0.3) is 5.56 Å². The van der Waals surface area contributed by atoms with Crippen molar-refractivity contribution in [1.29, 1.82) is 0 Å². The van der Waals surface area contributed by atoms with Gasteiger partial charge in [0.1, 0.15) is 5.82 Å². The molecule has 0 atom stereocenters. The Morgan fingerprint density at radius 3 is 2.62 bits per heavy atom. The first-order valence-corrected chi connectivity index (χ1v) is 10.3. The van der Waals surface area contributed by atoms with Crippen LogP contribution in [0.5, 0.6) is 0 Å². The van der Waals surface area contributed by atoms with Crippen LogP contribution in [0, 0.1) is 5.92 Å². The second kappa shape index (κ2) is 8.66. The number of aliphatic hydroxyl groups is 1. The molecule has 3 aromatic rings. The average Bonchev–Trinajstić information content (AvgIpc) is 2.76. The molecule has 2 aromatic heterocycles. The summed E-state index contributed by atoms with van der Waals surface area (Å²) in [5.41, 5.74) is 3.04. The number of hydrogen-bond acceptors (Lipinski definition) is 5. The molecule has 0 bridgehead atoms. The highest BCUT2D eigenvalue weighted by atomic mass is 16.2. The second-order valence-electron chi connectivity index (χ2n) is 7.83. The standard InChI is InChI=1S/C23H28N4O2/c1-26-21-15-22(24-16-18(21)4-9-23(26)29)25-19-5-7-20(8-6-19)27-12-10-17(11-13-27)3-2-14-28/h4-9,15-17,28H,2-3,10-14H2,1H3,(H,24,25). The van der Waals surface area contributed by atoms with E-state index in [4.69, 9.17) is 5.11 Å². The number of fused-ring (bicyclic) bond motifs is 1. The number of aromatic nitrogens is 2. The molecule has 0 radical (unpaired) electrons. The monoisotopic (exact) mass is 392 g/mol. The summed E-state index contributed by atoms with van der Waals surface area (Å²) in [6.45, 7) is 2.45. The van der Waals surface area contributed by atoms with Gasteiger partial charge >= 0.3 is 0 Å². The van der Waals surface area contributed by atoms with Gasteiger partial charge in [-0.25, -0.2) is 4.98 Å². The predicted octanol–water partition coefficient (Wildman–Crippen LogP) is 3.67. The number of benzene rings is 1. The van der Waals surface area contributed by atoms with Gasteiger partial charge < -0.3 is 19.9 Å². The highest BCUT2D eigenvalue weighted by Gasteiger charge is 2.19. The Balaban J connectivity index is 1.42. The largest absolute Gasteiger partial charge is 0.396 e. The lowest BCUT2D eigenvalue weighted by Gasteiger charge is -2.33. The van der Waals surface area contributed by atoms with Crippen LogP contribution in [0.3, 0.4) is 0 Å². The number of pyridine rings is 2. The normalized spacial score (nSPS) is 15.0. The van der Waals surface area contributed by atoms with Gasteiger partial charge in [-0.1, -0.05) is 0 Å². The number of piperidine rings is 1. The molecular formula is C23H28N4O2. The van der Waals surface area contributed by atoms with Crippen molar-refractivity contribution in [1.82, 2.24) is 9.55 Å². The zero-order chi connectivity index (χ0) is 20.2. The summed E-state index contributed by atoms with van der Waals surface area (Å²) in [6.07, 6.45) is 6.23. The van der Waals surface area contributed by atoms with Crippen molar-refractivity contribution in [3.8, 4) is 0 Å². The van der Waals surface area contributed by atoms with E-state index in [0.717, 1.165) is 54.3 Å². The highest BCUT2D eigenvalue weighted by Crippen LogP contribution is 2.27. The molecule has 6 heteroatoms. The average molecular weight is 393 g/mol. The van der Waals surface area contributed by atoms with Crippen LogP contribution in [-0.2, 0) is 7.05 Å². The smallest absolute Gasteiger partial charge is 0.250 e. The van der Waals surface area contributed by atoms with Gasteiger partial charge in [-0.15, -0.1) is 0 Å². The number of aliphatic hydroxyl groups excluding tert-OH is 1. The Morgan fingerprint density at radius 1 is 1.14 bits per heavy atom.